The van der Waals surface area contributed by atoms with Crippen molar-refractivity contribution >= 4 is 35.6 Å². The van der Waals surface area contributed by atoms with E-state index in [1.165, 1.54) is 0 Å². The highest BCUT2D eigenvalue weighted by atomic mass is 79.9. The molecular formula is C19H24Br2N6O4. The molecule has 0 unspecified atom stereocenters. The van der Waals surface area contributed by atoms with Crippen molar-refractivity contribution in [2.24, 2.45) is 10.3 Å². The molecule has 0 saturated carbocycles. The van der Waals surface area contributed by atoms with Crippen LogP contribution < -0.4 is 53.7 Å². The lowest BCUT2D eigenvalue weighted by Crippen LogP contribution is -3.00. The second-order valence-corrected chi connectivity index (χ2v) is 6.19. The van der Waals surface area contributed by atoms with Crippen LogP contribution >= 0.6 is 0 Å². The Morgan fingerprint density at radius 2 is 1.23 bits per heavy atom. The summed E-state index contributed by atoms with van der Waals surface area (Å²) in [6.07, 6.45) is 12.0. The van der Waals surface area contributed by atoms with E-state index in [1.807, 2.05) is 46.1 Å². The molecule has 2 amide bonds. The van der Waals surface area contributed by atoms with Crippen LogP contribution in [0.15, 0.2) is 59.4 Å². The number of pyridine rings is 2. The molecule has 2 aromatic rings. The number of oxime groups is 2. The lowest BCUT2D eigenvalue weighted by Gasteiger charge is -2.02. The zero-order valence-corrected chi connectivity index (χ0v) is 19.7. The number of hydrogen-bond acceptors (Lipinski definition) is 6. The van der Waals surface area contributed by atoms with Gasteiger partial charge in [-0.25, -0.2) is 9.13 Å². The number of nitrogens with zero attached hydrogens (tertiary/aromatic N) is 4. The van der Waals surface area contributed by atoms with Crippen LogP contribution in [0, 0.1) is 0 Å². The van der Waals surface area contributed by atoms with Gasteiger partial charge >= 0.3 is 0 Å². The number of amides is 2. The highest BCUT2D eigenvalue weighted by molar-refractivity contribution is 6.31. The van der Waals surface area contributed by atoms with Gasteiger partial charge in [-0.1, -0.05) is 10.3 Å². The number of carbonyl (C=O) groups excluding carboxylic acids is 2. The summed E-state index contributed by atoms with van der Waals surface area (Å²) in [5, 5.41) is 27.3. The molecule has 0 aromatic carbocycles. The average molecular weight is 560 g/mol. The van der Waals surface area contributed by atoms with Crippen molar-refractivity contribution in [3.8, 4) is 0 Å². The summed E-state index contributed by atoms with van der Waals surface area (Å²) >= 11 is 0. The third-order valence-electron chi connectivity index (χ3n) is 3.93. The summed E-state index contributed by atoms with van der Waals surface area (Å²) < 4.78 is 3.97. The predicted octanol–water partition coefficient (Wildman–Crippen LogP) is -5.06. The molecule has 10 nitrogen and oxygen atoms in total. The lowest BCUT2D eigenvalue weighted by molar-refractivity contribution is -0.700. The number of rotatable bonds is 10. The zero-order valence-electron chi connectivity index (χ0n) is 16.6. The van der Waals surface area contributed by atoms with Gasteiger partial charge in [0.1, 0.15) is 36.9 Å². The van der Waals surface area contributed by atoms with Crippen molar-refractivity contribution in [1.29, 1.82) is 0 Å². The molecule has 0 spiro atoms. The molecular weight excluding hydrogens is 536 g/mol. The number of nitrogens with one attached hydrogen (secondary N) is 2. The van der Waals surface area contributed by atoms with Crippen molar-refractivity contribution in [3.63, 3.8) is 0 Å². The van der Waals surface area contributed by atoms with Crippen molar-refractivity contribution in [1.82, 2.24) is 0 Å². The second-order valence-electron chi connectivity index (χ2n) is 6.19. The Morgan fingerprint density at radius 3 is 1.61 bits per heavy atom. The molecule has 4 N–H and O–H groups in total. The van der Waals surface area contributed by atoms with E-state index in [4.69, 9.17) is 10.4 Å². The number of aryl methyl sites for hydroxylation is 2. The Bertz CT molecular complexity index is 824. The molecule has 168 valence electrons. The van der Waals surface area contributed by atoms with Crippen molar-refractivity contribution in [3.05, 3.63) is 49.1 Å². The first-order valence-corrected chi connectivity index (χ1v) is 9.06. The van der Waals surface area contributed by atoms with Gasteiger partial charge < -0.3 is 55.0 Å². The molecule has 0 bridgehead atoms. The minimum absolute atomic E-state index is 0. The monoisotopic (exact) mass is 558 g/mol. The average Bonchev–Trinajstić information content (AvgIpc) is 2.68. The van der Waals surface area contributed by atoms with Crippen LogP contribution in [0.5, 0.6) is 0 Å². The molecule has 0 aliphatic carbocycles. The van der Waals surface area contributed by atoms with Crippen molar-refractivity contribution in [2.75, 3.05) is 10.6 Å². The van der Waals surface area contributed by atoms with Gasteiger partial charge in [0, 0.05) is 25.0 Å². The first-order valence-electron chi connectivity index (χ1n) is 9.06. The Morgan fingerprint density at radius 1 is 0.806 bits per heavy atom. The Balaban J connectivity index is 0.00000450. The highest BCUT2D eigenvalue weighted by Crippen LogP contribution is 2.04. The number of hydrogen-bond donors (Lipinski definition) is 4. The number of halogens is 2. The molecule has 0 atom stereocenters. The Kier molecular flexibility index (Phi) is 14.4. The maximum atomic E-state index is 11.4. The van der Waals surface area contributed by atoms with Gasteiger partial charge in [0.15, 0.2) is 24.8 Å². The molecule has 2 heterocycles. The van der Waals surface area contributed by atoms with E-state index in [0.29, 0.717) is 11.4 Å². The quantitative estimate of drug-likeness (QED) is 0.0762. The van der Waals surface area contributed by atoms with E-state index in [9.17, 15) is 9.59 Å². The number of aromatic nitrogens is 2. The third-order valence-corrected chi connectivity index (χ3v) is 3.93. The zero-order chi connectivity index (χ0) is 20.9. The number of anilines is 2. The second kappa shape index (κ2) is 15.9. The van der Waals surface area contributed by atoms with Gasteiger partial charge in [-0.2, -0.15) is 0 Å². The summed E-state index contributed by atoms with van der Waals surface area (Å²) in [7, 11) is 0. The summed E-state index contributed by atoms with van der Waals surface area (Å²) in [5.74, 6) is -0.992. The highest BCUT2D eigenvalue weighted by Gasteiger charge is 2.07. The van der Waals surface area contributed by atoms with E-state index < -0.39 is 11.8 Å². The van der Waals surface area contributed by atoms with Crippen LogP contribution in [-0.2, 0) is 22.7 Å². The summed E-state index contributed by atoms with van der Waals surface area (Å²) in [4.78, 5) is 22.8. The molecule has 0 radical (unpaired) electrons. The molecule has 0 fully saturated rings. The lowest BCUT2D eigenvalue weighted by atomic mass is 10.2. The first kappa shape index (κ1) is 28.1. The first-order chi connectivity index (χ1) is 14.1. The topological polar surface area (TPSA) is 131 Å². The van der Waals surface area contributed by atoms with Crippen molar-refractivity contribution < 1.29 is 63.1 Å². The summed E-state index contributed by atoms with van der Waals surface area (Å²) in [6, 6.07) is 7.19. The van der Waals surface area contributed by atoms with Crippen LogP contribution in [0.2, 0.25) is 0 Å². The van der Waals surface area contributed by atoms with E-state index in [-0.39, 0.29) is 34.0 Å². The minimum Gasteiger partial charge on any atom is -1.00 e. The van der Waals surface area contributed by atoms with Crippen LogP contribution in [-0.4, -0.2) is 34.7 Å². The number of carbonyl (C=O) groups is 2. The fraction of sp³-hybridized carbons (Fsp3) is 0.263. The molecule has 2 aromatic heterocycles. The van der Waals surface area contributed by atoms with Gasteiger partial charge in [0.05, 0.1) is 0 Å². The third kappa shape index (κ3) is 11.2. The van der Waals surface area contributed by atoms with Crippen LogP contribution in [0.1, 0.15) is 19.3 Å². The standard InChI is InChI=1S/C19H22N6O4.2BrH/c26-18(12-20-28)22-16-6-4-10-24(14-16)8-2-1-3-9-25-11-5-7-17(15-25)23-19(27)13-21-29;;/h4-7,10-15H,1-3,8-9H2,(H2-2,22,23,26,27,28,29);2*1H. The van der Waals surface area contributed by atoms with E-state index >= 15 is 0 Å². The van der Waals surface area contributed by atoms with E-state index in [1.54, 1.807) is 12.1 Å². The van der Waals surface area contributed by atoms with Gasteiger partial charge in [0.25, 0.3) is 11.8 Å². The molecule has 2 rings (SSSR count). The van der Waals surface area contributed by atoms with Gasteiger partial charge in [-0.15, -0.1) is 0 Å². The Labute approximate surface area is 200 Å². The summed E-state index contributed by atoms with van der Waals surface area (Å²) in [6.45, 7) is 1.61. The normalized spacial score (nSPS) is 10.3. The van der Waals surface area contributed by atoms with E-state index in [0.717, 1.165) is 44.8 Å². The SMILES string of the molecule is O=C(/C=N\O)Nc1ccc[n+](CCCCC[n+]2cccc(NC(=O)/C=N\O)c2)c1.[Br-].[Br-]. The fourth-order valence-corrected chi connectivity index (χ4v) is 2.69. The maximum Gasteiger partial charge on any atom is 0.270 e. The van der Waals surface area contributed by atoms with Gasteiger partial charge in [-0.3, -0.25) is 9.59 Å². The molecule has 0 aliphatic rings. The molecule has 12 heteroatoms. The largest absolute Gasteiger partial charge is 1.00 e. The molecule has 0 saturated heterocycles. The smallest absolute Gasteiger partial charge is 0.270 e. The van der Waals surface area contributed by atoms with Gasteiger partial charge in [0.2, 0.25) is 0 Å². The predicted molar refractivity (Wildman–Crippen MR) is 105 cm³/mol. The maximum absolute atomic E-state index is 11.4. The molecule has 0 aliphatic heterocycles. The number of unbranched alkanes of at least 4 members (excludes halogenated alkanes) is 2. The van der Waals surface area contributed by atoms with Gasteiger partial charge in [-0.05, 0) is 18.6 Å². The fourth-order valence-electron chi connectivity index (χ4n) is 2.69. The van der Waals surface area contributed by atoms with E-state index in [2.05, 4.69) is 20.9 Å². The minimum atomic E-state index is -0.496. The molecule has 31 heavy (non-hydrogen) atoms. The van der Waals surface area contributed by atoms with Crippen LogP contribution in [0.3, 0.4) is 0 Å². The van der Waals surface area contributed by atoms with Crippen LogP contribution in [0.4, 0.5) is 11.4 Å². The Hall–Kier alpha value is -2.86. The summed E-state index contributed by atoms with van der Waals surface area (Å²) in [5.41, 5.74) is 1.25. The van der Waals surface area contributed by atoms with Crippen LogP contribution in [0.25, 0.3) is 0 Å². The van der Waals surface area contributed by atoms with Crippen molar-refractivity contribution in [2.45, 2.75) is 32.4 Å².